The van der Waals surface area contributed by atoms with Gasteiger partial charge in [-0.05, 0) is 102 Å². The molecule has 0 saturated heterocycles. The molecule has 7 heteroatoms. The average Bonchev–Trinajstić information content (AvgIpc) is 3.35. The summed E-state index contributed by atoms with van der Waals surface area (Å²) in [6, 6.07) is 0. The van der Waals surface area contributed by atoms with E-state index in [9.17, 15) is 0 Å². The predicted octanol–water partition coefficient (Wildman–Crippen LogP) is 20.0. The van der Waals surface area contributed by atoms with Crippen molar-refractivity contribution in [2.24, 2.45) is 0 Å². The number of hydrogen-bond donors (Lipinski definition) is 0. The fraction of sp³-hybridized carbons (Fsp3) is 0.935. The third-order valence-electron chi connectivity index (χ3n) is 13.2. The first kappa shape index (κ1) is 68.2. The summed E-state index contributed by atoms with van der Waals surface area (Å²) in [7, 11) is 0. The van der Waals surface area contributed by atoms with Crippen molar-refractivity contribution in [3.8, 4) is 0 Å². The summed E-state index contributed by atoms with van der Waals surface area (Å²) in [4.78, 5) is 0. The maximum absolute atomic E-state index is 6.65. The molecule has 0 heterocycles. The van der Waals surface area contributed by atoms with Gasteiger partial charge in [0.05, 0.1) is 13.2 Å². The fourth-order valence-corrected chi connectivity index (χ4v) is 8.48. The second-order valence-electron chi connectivity index (χ2n) is 20.3. The van der Waals surface area contributed by atoms with E-state index in [1.54, 1.807) is 0 Å². The van der Waals surface area contributed by atoms with Gasteiger partial charge in [-0.1, -0.05) is 233 Å². The Morgan fingerprint density at radius 3 is 0.797 bits per heavy atom. The minimum absolute atomic E-state index is 0.0168. The van der Waals surface area contributed by atoms with E-state index >= 15 is 0 Å². The van der Waals surface area contributed by atoms with Crippen LogP contribution in [0.25, 0.3) is 0 Å². The van der Waals surface area contributed by atoms with Crippen molar-refractivity contribution < 1.29 is 33.2 Å². The Hall–Kier alpha value is -0.800. The second-order valence-corrected chi connectivity index (χ2v) is 20.3. The van der Waals surface area contributed by atoms with E-state index in [1.807, 2.05) is 0 Å². The fourth-order valence-electron chi connectivity index (χ4n) is 8.48. The van der Waals surface area contributed by atoms with Gasteiger partial charge >= 0.3 is 0 Å². The van der Waals surface area contributed by atoms with Crippen molar-refractivity contribution in [3.63, 3.8) is 0 Å². The molecule has 0 aliphatic rings. The summed E-state index contributed by atoms with van der Waals surface area (Å²) in [6.07, 6.45) is 59.9. The van der Waals surface area contributed by atoms with E-state index in [0.29, 0.717) is 0 Å². The first-order valence-electron chi connectivity index (χ1n) is 30.8. The Balaban J connectivity index is 5.06. The molecular weight excluding hydrogens is 857 g/mol. The van der Waals surface area contributed by atoms with Gasteiger partial charge in [0.25, 0.3) is 0 Å². The topological polar surface area (TPSA) is 64.6 Å². The molecular formula is C62H122O7. The molecule has 0 amide bonds. The lowest BCUT2D eigenvalue weighted by Gasteiger charge is -2.22. The highest BCUT2D eigenvalue weighted by atomic mass is 16.8. The van der Waals surface area contributed by atoms with Crippen molar-refractivity contribution in [2.45, 2.75) is 336 Å². The van der Waals surface area contributed by atoms with Gasteiger partial charge in [0, 0.05) is 26.4 Å². The SMILES string of the molecule is CCCCCCCCCCOC(C=CCCCCCCCCCC(OCCCC)OCCCC)OC(C=CCCCCCCCCCC(OCCCC)OCCCC)OCCCCCCCCCC. The first-order valence-corrected chi connectivity index (χ1v) is 30.8. The van der Waals surface area contributed by atoms with E-state index in [0.717, 1.165) is 104 Å². The molecule has 0 bridgehead atoms. The van der Waals surface area contributed by atoms with Crippen molar-refractivity contribution in [1.29, 1.82) is 0 Å². The van der Waals surface area contributed by atoms with Crippen LogP contribution >= 0.6 is 0 Å². The van der Waals surface area contributed by atoms with Crippen molar-refractivity contribution in [1.82, 2.24) is 0 Å². The third kappa shape index (κ3) is 53.3. The highest BCUT2D eigenvalue weighted by Crippen LogP contribution is 2.18. The van der Waals surface area contributed by atoms with E-state index in [4.69, 9.17) is 33.2 Å². The molecule has 0 aromatic carbocycles. The largest absolute Gasteiger partial charge is 0.353 e. The number of hydrogen-bond acceptors (Lipinski definition) is 7. The average molecular weight is 980 g/mol. The predicted molar refractivity (Wildman–Crippen MR) is 298 cm³/mol. The number of allylic oxidation sites excluding steroid dienone is 2. The molecule has 2 unspecified atom stereocenters. The van der Waals surface area contributed by atoms with Crippen LogP contribution in [0.5, 0.6) is 0 Å². The minimum atomic E-state index is -0.385. The normalized spacial score (nSPS) is 13.1. The van der Waals surface area contributed by atoms with Crippen LogP contribution in [0.1, 0.15) is 311 Å². The zero-order chi connectivity index (χ0) is 50.0. The van der Waals surface area contributed by atoms with Gasteiger partial charge < -0.3 is 33.2 Å². The van der Waals surface area contributed by atoms with Gasteiger partial charge in [0.1, 0.15) is 0 Å². The summed E-state index contributed by atoms with van der Waals surface area (Å²) in [5.74, 6) is 0. The number of ether oxygens (including phenoxy) is 7. The van der Waals surface area contributed by atoms with Crippen LogP contribution in [0.3, 0.4) is 0 Å². The zero-order valence-electron chi connectivity index (χ0n) is 47.4. The van der Waals surface area contributed by atoms with Crippen LogP contribution in [0.2, 0.25) is 0 Å². The summed E-state index contributed by atoms with van der Waals surface area (Å²) in [5.41, 5.74) is 0. The van der Waals surface area contributed by atoms with Crippen molar-refractivity contribution >= 4 is 0 Å². The van der Waals surface area contributed by atoms with Crippen LogP contribution in [-0.2, 0) is 33.2 Å². The maximum atomic E-state index is 6.65. The summed E-state index contributed by atoms with van der Waals surface area (Å²) >= 11 is 0. The number of unbranched alkanes of at least 4 members (excludes halogenated alkanes) is 32. The van der Waals surface area contributed by atoms with E-state index < -0.39 is 0 Å². The molecule has 0 aliphatic carbocycles. The van der Waals surface area contributed by atoms with E-state index in [2.05, 4.69) is 65.8 Å². The van der Waals surface area contributed by atoms with Gasteiger partial charge in [0.15, 0.2) is 25.2 Å². The van der Waals surface area contributed by atoms with Crippen LogP contribution in [-0.4, -0.2) is 64.8 Å². The molecule has 0 spiro atoms. The Morgan fingerprint density at radius 2 is 0.493 bits per heavy atom. The van der Waals surface area contributed by atoms with Crippen LogP contribution < -0.4 is 0 Å². The van der Waals surface area contributed by atoms with Crippen LogP contribution in [0.15, 0.2) is 24.3 Å². The van der Waals surface area contributed by atoms with Gasteiger partial charge in [-0.15, -0.1) is 0 Å². The Kier molecular flexibility index (Phi) is 59.1. The summed E-state index contributed by atoms with van der Waals surface area (Å²) < 4.78 is 43.8. The molecule has 0 rings (SSSR count). The van der Waals surface area contributed by atoms with Gasteiger partial charge in [-0.3, -0.25) is 0 Å². The third-order valence-corrected chi connectivity index (χ3v) is 13.2. The molecule has 0 aromatic rings. The van der Waals surface area contributed by atoms with E-state index in [-0.39, 0.29) is 25.2 Å². The molecule has 0 N–H and O–H groups in total. The van der Waals surface area contributed by atoms with E-state index in [1.165, 1.54) is 205 Å². The molecule has 7 nitrogen and oxygen atoms in total. The highest BCUT2D eigenvalue weighted by molar-refractivity contribution is 4.90. The molecule has 0 saturated carbocycles. The molecule has 0 fully saturated rings. The standard InChI is InChI=1S/C62H122O7/c1-7-13-19-21-23-35-41-47-57-67-61(51-45-39-33-29-25-27-31-37-43-49-59(63-53-15-9-3)64-54-16-10-4)69-62(68-58-48-42-36-24-22-20-14-8-2)52-46-40-34-30-26-28-32-38-44-50-60(65-55-17-11-5)66-56-18-12-6/h45-46,51-52,59-62H,7-44,47-50,53-58H2,1-6H3. The van der Waals surface area contributed by atoms with Crippen LogP contribution in [0.4, 0.5) is 0 Å². The molecule has 69 heavy (non-hydrogen) atoms. The highest BCUT2D eigenvalue weighted by Gasteiger charge is 2.14. The lowest BCUT2D eigenvalue weighted by molar-refractivity contribution is -0.208. The smallest absolute Gasteiger partial charge is 0.180 e. The van der Waals surface area contributed by atoms with Gasteiger partial charge in [0.2, 0.25) is 0 Å². The minimum Gasteiger partial charge on any atom is -0.353 e. The Morgan fingerprint density at radius 1 is 0.246 bits per heavy atom. The molecule has 2 atom stereocenters. The monoisotopic (exact) mass is 979 g/mol. The molecule has 0 aliphatic heterocycles. The van der Waals surface area contributed by atoms with Gasteiger partial charge in [-0.2, -0.15) is 0 Å². The summed E-state index contributed by atoms with van der Waals surface area (Å²) in [5, 5.41) is 0. The van der Waals surface area contributed by atoms with Gasteiger partial charge in [-0.25, -0.2) is 0 Å². The van der Waals surface area contributed by atoms with Crippen molar-refractivity contribution in [3.05, 3.63) is 24.3 Å². The zero-order valence-corrected chi connectivity index (χ0v) is 47.4. The molecule has 0 aromatic heterocycles. The molecule has 0 radical (unpaired) electrons. The summed E-state index contributed by atoms with van der Waals surface area (Å²) in [6.45, 7) is 18.2. The van der Waals surface area contributed by atoms with Crippen LogP contribution in [0, 0.1) is 0 Å². The Bertz CT molecular complexity index is 894. The Labute approximate surface area is 431 Å². The first-order chi connectivity index (χ1) is 34.1. The lowest BCUT2D eigenvalue weighted by Crippen LogP contribution is -2.25. The maximum Gasteiger partial charge on any atom is 0.180 e. The second kappa shape index (κ2) is 59.8. The lowest BCUT2D eigenvalue weighted by atomic mass is 10.1. The van der Waals surface area contributed by atoms with Crippen molar-refractivity contribution in [2.75, 3.05) is 39.6 Å². The molecule has 412 valence electrons. The quantitative estimate of drug-likeness (QED) is 0.0342. The number of rotatable bonds is 60.